The predicted molar refractivity (Wildman–Crippen MR) is 93.8 cm³/mol. The summed E-state index contributed by atoms with van der Waals surface area (Å²) in [5, 5.41) is 8.69. The molecular weight excluding hydrogens is 310 g/mol. The lowest BCUT2D eigenvalue weighted by atomic mass is 9.93. The predicted octanol–water partition coefficient (Wildman–Crippen LogP) is 3.68. The van der Waals surface area contributed by atoms with Crippen molar-refractivity contribution >= 4 is 23.6 Å². The minimum absolute atomic E-state index is 0.0205. The van der Waals surface area contributed by atoms with Crippen LogP contribution in [0.3, 0.4) is 0 Å². The molecule has 1 fully saturated rings. The minimum atomic E-state index is -0.873. The van der Waals surface area contributed by atoms with Crippen LogP contribution in [0.25, 0.3) is 0 Å². The maximum Gasteiger partial charge on any atom is 0.313 e. The number of aliphatic carboxylic acids is 1. The summed E-state index contributed by atoms with van der Waals surface area (Å²) >= 11 is 1.18. The van der Waals surface area contributed by atoms with Crippen LogP contribution in [-0.2, 0) is 9.59 Å². The highest BCUT2D eigenvalue weighted by atomic mass is 32.2. The van der Waals surface area contributed by atoms with Gasteiger partial charge in [-0.15, -0.1) is 11.8 Å². The van der Waals surface area contributed by atoms with Gasteiger partial charge in [0.25, 0.3) is 0 Å². The van der Waals surface area contributed by atoms with Crippen molar-refractivity contribution in [2.75, 3.05) is 18.1 Å². The number of nitrogens with zero attached hydrogens (tertiary/aromatic N) is 1. The van der Waals surface area contributed by atoms with Gasteiger partial charge in [0.05, 0.1) is 17.5 Å². The number of carbonyl (C=O) groups is 2. The summed E-state index contributed by atoms with van der Waals surface area (Å²) in [6.07, 6.45) is 3.13. The standard InChI is InChI=1S/C18H25NO3S/c1-13(2)14-6-8-15(9-7-14)16-5-3-4-10-19(16)17(20)11-23-12-18(21)22/h6-9,13,16H,3-5,10-12H2,1-2H3,(H,21,22). The highest BCUT2D eigenvalue weighted by Gasteiger charge is 2.27. The summed E-state index contributed by atoms with van der Waals surface area (Å²) in [7, 11) is 0. The van der Waals surface area contributed by atoms with Crippen molar-refractivity contribution in [3.63, 3.8) is 0 Å². The fourth-order valence-corrected chi connectivity index (χ4v) is 3.61. The molecule has 0 aliphatic carbocycles. The Balaban J connectivity index is 2.05. The smallest absolute Gasteiger partial charge is 0.313 e. The molecule has 0 aromatic heterocycles. The Bertz CT molecular complexity index is 542. The fourth-order valence-electron chi connectivity index (χ4n) is 2.99. The number of carbonyl (C=O) groups excluding carboxylic acids is 1. The van der Waals surface area contributed by atoms with E-state index in [9.17, 15) is 9.59 Å². The number of likely N-dealkylation sites (tertiary alicyclic amines) is 1. The molecule has 2 rings (SSSR count). The zero-order valence-electron chi connectivity index (χ0n) is 13.8. The Labute approximate surface area is 142 Å². The largest absolute Gasteiger partial charge is 0.481 e. The molecule has 0 bridgehead atoms. The van der Waals surface area contributed by atoms with Crippen molar-refractivity contribution in [3.8, 4) is 0 Å². The van der Waals surface area contributed by atoms with Gasteiger partial charge in [0.15, 0.2) is 0 Å². The molecule has 0 spiro atoms. The third-order valence-corrected chi connectivity index (χ3v) is 5.16. The van der Waals surface area contributed by atoms with E-state index in [-0.39, 0.29) is 23.5 Å². The molecule has 0 saturated carbocycles. The third kappa shape index (κ3) is 4.99. The van der Waals surface area contributed by atoms with Crippen molar-refractivity contribution in [1.82, 2.24) is 4.90 Å². The normalized spacial score (nSPS) is 18.2. The molecule has 1 N–H and O–H groups in total. The van der Waals surface area contributed by atoms with Crippen LogP contribution in [-0.4, -0.2) is 39.9 Å². The SMILES string of the molecule is CC(C)c1ccc(C2CCCCN2C(=O)CSCC(=O)O)cc1. The Morgan fingerprint density at radius 1 is 1.22 bits per heavy atom. The molecule has 5 heteroatoms. The van der Waals surface area contributed by atoms with Gasteiger partial charge in [-0.1, -0.05) is 38.1 Å². The zero-order chi connectivity index (χ0) is 16.8. The van der Waals surface area contributed by atoms with E-state index in [1.807, 2.05) is 4.90 Å². The van der Waals surface area contributed by atoms with Crippen LogP contribution >= 0.6 is 11.8 Å². The number of hydrogen-bond donors (Lipinski definition) is 1. The van der Waals surface area contributed by atoms with Gasteiger partial charge in [-0.3, -0.25) is 9.59 Å². The molecule has 0 radical (unpaired) electrons. The number of rotatable bonds is 6. The minimum Gasteiger partial charge on any atom is -0.481 e. The Morgan fingerprint density at radius 3 is 2.52 bits per heavy atom. The highest BCUT2D eigenvalue weighted by molar-refractivity contribution is 8.00. The van der Waals surface area contributed by atoms with Gasteiger partial charge >= 0.3 is 5.97 Å². The van der Waals surface area contributed by atoms with Gasteiger partial charge < -0.3 is 10.0 Å². The van der Waals surface area contributed by atoms with Gasteiger partial charge in [-0.2, -0.15) is 0 Å². The topological polar surface area (TPSA) is 57.6 Å². The second kappa shape index (κ2) is 8.39. The summed E-state index contributed by atoms with van der Waals surface area (Å²) in [6.45, 7) is 5.11. The molecule has 126 valence electrons. The molecule has 1 unspecified atom stereocenters. The van der Waals surface area contributed by atoms with Gasteiger partial charge in [-0.05, 0) is 36.3 Å². The summed E-state index contributed by atoms with van der Waals surface area (Å²) in [5.41, 5.74) is 2.49. The zero-order valence-corrected chi connectivity index (χ0v) is 14.6. The quantitative estimate of drug-likeness (QED) is 0.861. The maximum absolute atomic E-state index is 12.5. The van der Waals surface area contributed by atoms with E-state index in [2.05, 4.69) is 38.1 Å². The van der Waals surface area contributed by atoms with Crippen molar-refractivity contribution in [2.45, 2.75) is 45.1 Å². The Morgan fingerprint density at radius 2 is 1.91 bits per heavy atom. The van der Waals surface area contributed by atoms with Crippen LogP contribution in [0.4, 0.5) is 0 Å². The summed E-state index contributed by atoms with van der Waals surface area (Å²) in [5.74, 6) is -0.100. The van der Waals surface area contributed by atoms with Crippen molar-refractivity contribution in [2.24, 2.45) is 0 Å². The van der Waals surface area contributed by atoms with Crippen LogP contribution < -0.4 is 0 Å². The molecule has 1 aliphatic heterocycles. The van der Waals surface area contributed by atoms with Crippen LogP contribution in [0.5, 0.6) is 0 Å². The summed E-state index contributed by atoms with van der Waals surface area (Å²) < 4.78 is 0. The van der Waals surface area contributed by atoms with E-state index in [1.165, 1.54) is 22.9 Å². The van der Waals surface area contributed by atoms with E-state index in [1.54, 1.807) is 0 Å². The fraction of sp³-hybridized carbons (Fsp3) is 0.556. The van der Waals surface area contributed by atoms with Crippen LogP contribution in [0.1, 0.15) is 56.2 Å². The van der Waals surface area contributed by atoms with E-state index in [0.717, 1.165) is 25.8 Å². The second-order valence-electron chi connectivity index (χ2n) is 6.31. The van der Waals surface area contributed by atoms with Crippen molar-refractivity contribution in [1.29, 1.82) is 0 Å². The molecule has 1 atom stereocenters. The van der Waals surface area contributed by atoms with Crippen LogP contribution in [0.15, 0.2) is 24.3 Å². The number of carboxylic acids is 1. The first kappa shape index (κ1) is 17.9. The third-order valence-electron chi connectivity index (χ3n) is 4.26. The molecule has 1 aromatic rings. The number of benzene rings is 1. The monoisotopic (exact) mass is 335 g/mol. The van der Waals surface area contributed by atoms with E-state index >= 15 is 0 Å². The first-order chi connectivity index (χ1) is 11.0. The number of thioether (sulfide) groups is 1. The first-order valence-corrected chi connectivity index (χ1v) is 9.33. The number of amides is 1. The number of piperidine rings is 1. The van der Waals surface area contributed by atoms with Gasteiger partial charge in [-0.25, -0.2) is 0 Å². The van der Waals surface area contributed by atoms with E-state index < -0.39 is 5.97 Å². The molecule has 1 aromatic carbocycles. The molecule has 1 heterocycles. The van der Waals surface area contributed by atoms with Gasteiger partial charge in [0.2, 0.25) is 5.91 Å². The van der Waals surface area contributed by atoms with E-state index in [0.29, 0.717) is 5.92 Å². The lowest BCUT2D eigenvalue weighted by Gasteiger charge is -2.36. The average molecular weight is 335 g/mol. The van der Waals surface area contributed by atoms with Crippen LogP contribution in [0, 0.1) is 0 Å². The summed E-state index contributed by atoms with van der Waals surface area (Å²) in [6, 6.07) is 8.70. The lowest BCUT2D eigenvalue weighted by Crippen LogP contribution is -2.39. The molecule has 23 heavy (non-hydrogen) atoms. The Kier molecular flexibility index (Phi) is 6.51. The number of carboxylic acid groups (broad SMARTS) is 1. The van der Waals surface area contributed by atoms with Crippen molar-refractivity contribution < 1.29 is 14.7 Å². The van der Waals surface area contributed by atoms with Crippen LogP contribution in [0.2, 0.25) is 0 Å². The molecule has 1 aliphatic rings. The number of hydrogen-bond acceptors (Lipinski definition) is 3. The average Bonchev–Trinajstić information content (AvgIpc) is 2.54. The first-order valence-electron chi connectivity index (χ1n) is 8.18. The van der Waals surface area contributed by atoms with Crippen molar-refractivity contribution in [3.05, 3.63) is 35.4 Å². The highest BCUT2D eigenvalue weighted by Crippen LogP contribution is 2.32. The molecule has 1 saturated heterocycles. The van der Waals surface area contributed by atoms with E-state index in [4.69, 9.17) is 5.11 Å². The van der Waals surface area contributed by atoms with Gasteiger partial charge in [0.1, 0.15) is 0 Å². The molecular formula is C18H25NO3S. The van der Waals surface area contributed by atoms with Gasteiger partial charge in [0, 0.05) is 6.54 Å². The molecule has 1 amide bonds. The Hall–Kier alpha value is -1.49. The lowest BCUT2D eigenvalue weighted by molar-refractivity contribution is -0.134. The second-order valence-corrected chi connectivity index (χ2v) is 7.29. The summed E-state index contributed by atoms with van der Waals surface area (Å²) in [4.78, 5) is 25.0. The molecule has 4 nitrogen and oxygen atoms in total. The maximum atomic E-state index is 12.5.